The van der Waals surface area contributed by atoms with Crippen LogP contribution in [-0.2, 0) is 5.75 Å². The lowest BCUT2D eigenvalue weighted by molar-refractivity contribution is 0.0846. The molecule has 0 aliphatic carbocycles. The van der Waals surface area contributed by atoms with Crippen molar-refractivity contribution in [1.29, 1.82) is 0 Å². The number of aromatic amines is 1. The minimum Gasteiger partial charge on any atom is -0.333 e. The third kappa shape index (κ3) is 5.04. The van der Waals surface area contributed by atoms with Crippen molar-refractivity contribution in [3.63, 3.8) is 0 Å². The van der Waals surface area contributed by atoms with Crippen LogP contribution in [0, 0.1) is 5.82 Å². The number of aromatic nitrogens is 2. The van der Waals surface area contributed by atoms with E-state index >= 15 is 0 Å². The van der Waals surface area contributed by atoms with Crippen molar-refractivity contribution >= 4 is 46.2 Å². The maximum Gasteiger partial charge on any atom is 0.271 e. The Labute approximate surface area is 186 Å². The second kappa shape index (κ2) is 9.20. The number of hydrogen-bond donors (Lipinski definition) is 3. The van der Waals surface area contributed by atoms with Gasteiger partial charge in [0.05, 0.1) is 21.6 Å². The summed E-state index contributed by atoms with van der Waals surface area (Å²) in [6.07, 6.45) is 0. The van der Waals surface area contributed by atoms with Gasteiger partial charge in [-0.15, -0.1) is 0 Å². The molecular formula is C22H16ClFN4O2S. The van der Waals surface area contributed by atoms with Gasteiger partial charge in [-0.3, -0.25) is 20.4 Å². The zero-order valence-corrected chi connectivity index (χ0v) is 17.6. The lowest BCUT2D eigenvalue weighted by Gasteiger charge is -2.09. The number of thioether (sulfide) groups is 1. The minimum absolute atomic E-state index is 0.0435. The smallest absolute Gasteiger partial charge is 0.271 e. The Bertz CT molecular complexity index is 1230. The molecule has 0 aliphatic rings. The first-order chi connectivity index (χ1) is 15.0. The van der Waals surface area contributed by atoms with Gasteiger partial charge in [-0.1, -0.05) is 47.6 Å². The highest BCUT2D eigenvalue weighted by molar-refractivity contribution is 7.98. The van der Waals surface area contributed by atoms with Gasteiger partial charge >= 0.3 is 0 Å². The molecule has 1 aromatic heterocycles. The molecule has 0 radical (unpaired) electrons. The third-order valence-electron chi connectivity index (χ3n) is 4.42. The van der Waals surface area contributed by atoms with Crippen LogP contribution in [0.4, 0.5) is 4.39 Å². The molecule has 2 amide bonds. The standard InChI is InChI=1S/C22H16ClFN4O2S/c23-17-11-15(24)9-10-16(17)21(30)28-27-20(29)14-7-5-13(6-8-14)12-31-22-25-18-3-1-2-4-19(18)26-22/h1-11H,12H2,(H,25,26)(H,27,29)(H,28,30). The van der Waals surface area contributed by atoms with E-state index in [0.717, 1.165) is 33.9 Å². The summed E-state index contributed by atoms with van der Waals surface area (Å²) in [5.41, 5.74) is 7.95. The fourth-order valence-electron chi connectivity index (χ4n) is 2.83. The highest BCUT2D eigenvalue weighted by Crippen LogP contribution is 2.23. The average Bonchev–Trinajstić information content (AvgIpc) is 3.19. The number of carbonyl (C=O) groups is 2. The van der Waals surface area contributed by atoms with Crippen LogP contribution >= 0.6 is 23.4 Å². The molecule has 3 aromatic carbocycles. The first-order valence-electron chi connectivity index (χ1n) is 9.22. The summed E-state index contributed by atoms with van der Waals surface area (Å²) >= 11 is 7.41. The predicted octanol–water partition coefficient (Wildman–Crippen LogP) is 4.72. The summed E-state index contributed by atoms with van der Waals surface area (Å²) in [7, 11) is 0. The largest absolute Gasteiger partial charge is 0.333 e. The number of nitrogens with zero attached hydrogens (tertiary/aromatic N) is 1. The van der Waals surface area contributed by atoms with E-state index in [1.54, 1.807) is 23.9 Å². The van der Waals surface area contributed by atoms with Crippen LogP contribution in [0.2, 0.25) is 5.02 Å². The minimum atomic E-state index is -0.641. The maximum atomic E-state index is 13.1. The Hall–Kier alpha value is -3.36. The van der Waals surface area contributed by atoms with Crippen LogP contribution in [0.1, 0.15) is 26.3 Å². The number of nitrogens with one attached hydrogen (secondary N) is 3. The van der Waals surface area contributed by atoms with Crippen molar-refractivity contribution in [3.8, 4) is 0 Å². The number of hydrazine groups is 1. The summed E-state index contributed by atoms with van der Waals surface area (Å²) in [5, 5.41) is 0.781. The Morgan fingerprint density at radius 2 is 1.74 bits per heavy atom. The van der Waals surface area contributed by atoms with Gasteiger partial charge in [0.1, 0.15) is 5.82 Å². The summed E-state index contributed by atoms with van der Waals surface area (Å²) in [4.78, 5) is 32.2. The highest BCUT2D eigenvalue weighted by Gasteiger charge is 2.13. The summed E-state index contributed by atoms with van der Waals surface area (Å²) < 4.78 is 13.1. The van der Waals surface area contributed by atoms with Gasteiger partial charge in [-0.2, -0.15) is 0 Å². The van der Waals surface area contributed by atoms with Crippen LogP contribution in [0.3, 0.4) is 0 Å². The molecule has 3 N–H and O–H groups in total. The molecule has 4 aromatic rings. The van der Waals surface area contributed by atoms with Crippen molar-refractivity contribution in [2.24, 2.45) is 0 Å². The number of hydrogen-bond acceptors (Lipinski definition) is 4. The summed E-state index contributed by atoms with van der Waals surface area (Å²) in [6.45, 7) is 0. The van der Waals surface area contributed by atoms with Gasteiger partial charge in [0, 0.05) is 11.3 Å². The zero-order valence-electron chi connectivity index (χ0n) is 16.0. The number of H-pyrrole nitrogens is 1. The van der Waals surface area contributed by atoms with Gasteiger partial charge in [-0.05, 0) is 48.0 Å². The van der Waals surface area contributed by atoms with Gasteiger partial charge in [0.15, 0.2) is 5.16 Å². The van der Waals surface area contributed by atoms with E-state index < -0.39 is 17.6 Å². The highest BCUT2D eigenvalue weighted by atomic mass is 35.5. The molecule has 156 valence electrons. The van der Waals surface area contributed by atoms with Crippen molar-refractivity contribution in [1.82, 2.24) is 20.8 Å². The fourth-order valence-corrected chi connectivity index (χ4v) is 3.92. The summed E-state index contributed by atoms with van der Waals surface area (Å²) in [6, 6.07) is 18.2. The molecule has 6 nitrogen and oxygen atoms in total. The first-order valence-corrected chi connectivity index (χ1v) is 10.6. The van der Waals surface area contributed by atoms with E-state index in [0.29, 0.717) is 11.3 Å². The average molecular weight is 455 g/mol. The van der Waals surface area contributed by atoms with Crippen molar-refractivity contribution in [2.75, 3.05) is 0 Å². The molecule has 0 atom stereocenters. The molecule has 0 unspecified atom stereocenters. The quantitative estimate of drug-likeness (QED) is 0.301. The van der Waals surface area contributed by atoms with Crippen LogP contribution in [0.5, 0.6) is 0 Å². The molecule has 1 heterocycles. The first kappa shape index (κ1) is 20.9. The second-order valence-corrected chi connectivity index (χ2v) is 7.95. The molecule has 9 heteroatoms. The van der Waals surface area contributed by atoms with Crippen molar-refractivity contribution in [2.45, 2.75) is 10.9 Å². The molecule has 31 heavy (non-hydrogen) atoms. The molecule has 0 fully saturated rings. The van der Waals surface area contributed by atoms with Crippen LogP contribution < -0.4 is 10.9 Å². The van der Waals surface area contributed by atoms with Crippen LogP contribution in [0.25, 0.3) is 11.0 Å². The fraction of sp³-hybridized carbons (Fsp3) is 0.0455. The number of benzene rings is 3. The number of carbonyl (C=O) groups excluding carboxylic acids is 2. The topological polar surface area (TPSA) is 86.9 Å². The van der Waals surface area contributed by atoms with E-state index in [9.17, 15) is 14.0 Å². The number of imidazole rings is 1. The normalized spacial score (nSPS) is 10.8. The summed E-state index contributed by atoms with van der Waals surface area (Å²) in [5.74, 6) is -0.994. The molecule has 0 saturated carbocycles. The Morgan fingerprint density at radius 1 is 1.00 bits per heavy atom. The number of halogens is 2. The lowest BCUT2D eigenvalue weighted by atomic mass is 10.1. The Morgan fingerprint density at radius 3 is 2.48 bits per heavy atom. The molecule has 4 rings (SSSR count). The number of rotatable bonds is 5. The molecular weight excluding hydrogens is 439 g/mol. The molecule has 0 spiro atoms. The van der Waals surface area contributed by atoms with Crippen LogP contribution in [-0.4, -0.2) is 21.8 Å². The predicted molar refractivity (Wildman–Crippen MR) is 118 cm³/mol. The number of para-hydroxylation sites is 2. The van der Waals surface area contributed by atoms with E-state index in [4.69, 9.17) is 11.6 Å². The molecule has 0 saturated heterocycles. The monoisotopic (exact) mass is 454 g/mol. The van der Waals surface area contributed by atoms with Gasteiger partial charge in [0.2, 0.25) is 0 Å². The van der Waals surface area contributed by atoms with Crippen molar-refractivity contribution < 1.29 is 14.0 Å². The maximum absolute atomic E-state index is 13.1. The van der Waals surface area contributed by atoms with Crippen molar-refractivity contribution in [3.05, 3.63) is 94.3 Å². The van der Waals surface area contributed by atoms with Gasteiger partial charge < -0.3 is 4.98 Å². The number of amides is 2. The molecule has 0 bridgehead atoms. The third-order valence-corrected chi connectivity index (χ3v) is 5.68. The van der Waals surface area contributed by atoms with E-state index in [1.807, 2.05) is 36.4 Å². The Balaban J connectivity index is 1.31. The van der Waals surface area contributed by atoms with Gasteiger partial charge in [-0.25, -0.2) is 9.37 Å². The zero-order chi connectivity index (χ0) is 21.8. The molecule has 0 aliphatic heterocycles. The van der Waals surface area contributed by atoms with Crippen LogP contribution in [0.15, 0.2) is 71.9 Å². The lowest BCUT2D eigenvalue weighted by Crippen LogP contribution is -2.41. The van der Waals surface area contributed by atoms with E-state index in [-0.39, 0.29) is 10.6 Å². The van der Waals surface area contributed by atoms with E-state index in [1.165, 1.54) is 6.07 Å². The van der Waals surface area contributed by atoms with E-state index in [2.05, 4.69) is 20.8 Å². The number of fused-ring (bicyclic) bond motifs is 1. The SMILES string of the molecule is O=C(NNC(=O)c1ccc(F)cc1Cl)c1ccc(CSc2nc3ccccc3[nH]2)cc1. The van der Waals surface area contributed by atoms with Gasteiger partial charge in [0.25, 0.3) is 11.8 Å². The second-order valence-electron chi connectivity index (χ2n) is 6.58. The Kier molecular flexibility index (Phi) is 6.20.